The molecule has 8 heteroatoms. The number of hydrogen-bond acceptors (Lipinski definition) is 6. The topological polar surface area (TPSA) is 82.5 Å². The number of aryl methyl sites for hydroxylation is 2. The van der Waals surface area contributed by atoms with E-state index < -0.39 is 0 Å². The summed E-state index contributed by atoms with van der Waals surface area (Å²) in [4.78, 5) is 31.1. The average molecular weight is 492 g/mol. The summed E-state index contributed by atoms with van der Waals surface area (Å²) in [5, 5.41) is 5.55. The largest absolute Gasteiger partial charge is 0.493 e. The monoisotopic (exact) mass is 491 g/mol. The lowest BCUT2D eigenvalue weighted by molar-refractivity contribution is -0.121. The number of carbonyl (C=O) groups excluding carboxylic acids is 1. The lowest BCUT2D eigenvalue weighted by Gasteiger charge is -2.17. The van der Waals surface area contributed by atoms with Crippen LogP contribution in [0.25, 0.3) is 21.3 Å². The molecule has 0 fully saturated rings. The quantitative estimate of drug-likeness (QED) is 0.352. The Kier molecular flexibility index (Phi) is 7.51. The van der Waals surface area contributed by atoms with Gasteiger partial charge < -0.3 is 14.8 Å². The summed E-state index contributed by atoms with van der Waals surface area (Å²) in [6.07, 6.45) is 1.68. The molecule has 0 aliphatic heterocycles. The van der Waals surface area contributed by atoms with Crippen molar-refractivity contribution in [3.05, 3.63) is 75.7 Å². The van der Waals surface area contributed by atoms with Crippen LogP contribution in [0.5, 0.6) is 11.5 Å². The van der Waals surface area contributed by atoms with Crippen LogP contribution in [0.4, 0.5) is 0 Å². The minimum absolute atomic E-state index is 0.135. The Labute approximate surface area is 208 Å². The van der Waals surface area contributed by atoms with Crippen LogP contribution in [0.15, 0.2) is 59.0 Å². The zero-order valence-corrected chi connectivity index (χ0v) is 21.1. The molecule has 1 amide bonds. The number of methoxy groups -OCH3 is 1. The van der Waals surface area contributed by atoms with Gasteiger partial charge in [-0.1, -0.05) is 35.9 Å². The van der Waals surface area contributed by atoms with E-state index in [1.807, 2.05) is 68.6 Å². The molecule has 0 aliphatic carbocycles. The number of nitrogens with one attached hydrogen (secondary N) is 1. The van der Waals surface area contributed by atoms with Gasteiger partial charge in [0.15, 0.2) is 11.5 Å². The third kappa shape index (κ3) is 5.38. The van der Waals surface area contributed by atoms with Gasteiger partial charge in [-0.15, -0.1) is 11.3 Å². The van der Waals surface area contributed by atoms with Gasteiger partial charge in [0, 0.05) is 23.9 Å². The van der Waals surface area contributed by atoms with Crippen molar-refractivity contribution >= 4 is 27.5 Å². The lowest BCUT2D eigenvalue weighted by Crippen LogP contribution is -2.29. The van der Waals surface area contributed by atoms with E-state index in [9.17, 15) is 9.59 Å². The fourth-order valence-corrected chi connectivity index (χ4v) is 4.83. The van der Waals surface area contributed by atoms with E-state index in [4.69, 9.17) is 9.47 Å². The van der Waals surface area contributed by atoms with E-state index in [-0.39, 0.29) is 30.5 Å². The molecular weight excluding hydrogens is 462 g/mol. The molecule has 35 heavy (non-hydrogen) atoms. The second-order valence-electron chi connectivity index (χ2n) is 8.32. The molecule has 2 heterocycles. The predicted octanol–water partition coefficient (Wildman–Crippen LogP) is 5.11. The Morgan fingerprint density at radius 2 is 1.94 bits per heavy atom. The molecule has 1 N–H and O–H groups in total. The summed E-state index contributed by atoms with van der Waals surface area (Å²) in [6, 6.07) is 13.5. The van der Waals surface area contributed by atoms with E-state index in [1.165, 1.54) is 22.2 Å². The number of ether oxygens (including phenoxy) is 2. The Balaban J connectivity index is 1.46. The van der Waals surface area contributed by atoms with E-state index in [0.717, 1.165) is 22.3 Å². The van der Waals surface area contributed by atoms with Crippen molar-refractivity contribution < 1.29 is 14.3 Å². The second kappa shape index (κ2) is 10.7. The molecule has 0 saturated carbocycles. The van der Waals surface area contributed by atoms with Crippen LogP contribution in [0, 0.1) is 6.92 Å². The van der Waals surface area contributed by atoms with Crippen LogP contribution in [-0.4, -0.2) is 29.2 Å². The third-order valence-corrected chi connectivity index (χ3v) is 6.75. The smallest absolute Gasteiger partial charge is 0.262 e. The van der Waals surface area contributed by atoms with Crippen molar-refractivity contribution in [3.8, 4) is 22.6 Å². The van der Waals surface area contributed by atoms with Gasteiger partial charge >= 0.3 is 0 Å². The Hall–Kier alpha value is -3.65. The maximum absolute atomic E-state index is 13.2. The number of hydrogen-bond donors (Lipinski definition) is 1. The maximum Gasteiger partial charge on any atom is 0.262 e. The lowest BCUT2D eigenvalue weighted by atomic mass is 10.1. The number of carbonyl (C=O) groups is 1. The average Bonchev–Trinajstić information content (AvgIpc) is 3.29. The summed E-state index contributed by atoms with van der Waals surface area (Å²) >= 11 is 1.45. The summed E-state index contributed by atoms with van der Waals surface area (Å²) < 4.78 is 12.5. The Bertz CT molecular complexity index is 1390. The fourth-order valence-electron chi connectivity index (χ4n) is 3.92. The number of fused-ring (bicyclic) bond motifs is 1. The number of benzene rings is 2. The molecule has 1 atom stereocenters. The highest BCUT2D eigenvalue weighted by atomic mass is 32.1. The molecule has 2 aromatic heterocycles. The first kappa shape index (κ1) is 24.5. The van der Waals surface area contributed by atoms with E-state index >= 15 is 0 Å². The number of nitrogens with zero attached hydrogens (tertiary/aromatic N) is 2. The second-order valence-corrected chi connectivity index (χ2v) is 9.18. The van der Waals surface area contributed by atoms with Gasteiger partial charge in [0.25, 0.3) is 5.56 Å². The van der Waals surface area contributed by atoms with Gasteiger partial charge in [-0.05, 0) is 44.0 Å². The maximum atomic E-state index is 13.2. The summed E-state index contributed by atoms with van der Waals surface area (Å²) in [5.41, 5.74) is 3.78. The SMILES string of the molecule is CCOc1ccc(C(C)NC(=O)CCn2cnc3scc(-c4ccc(C)cc4)c3c2=O)cc1OC. The molecule has 7 nitrogen and oxygen atoms in total. The van der Waals surface area contributed by atoms with Gasteiger partial charge in [-0.2, -0.15) is 0 Å². The zero-order valence-electron chi connectivity index (χ0n) is 20.3. The van der Waals surface area contributed by atoms with Gasteiger partial charge in [0.05, 0.1) is 31.5 Å². The Morgan fingerprint density at radius 1 is 1.17 bits per heavy atom. The zero-order chi connectivity index (χ0) is 24.9. The highest BCUT2D eigenvalue weighted by molar-refractivity contribution is 7.17. The highest BCUT2D eigenvalue weighted by Gasteiger charge is 2.16. The summed E-state index contributed by atoms with van der Waals surface area (Å²) in [6.45, 7) is 6.64. The highest BCUT2D eigenvalue weighted by Crippen LogP contribution is 2.31. The third-order valence-electron chi connectivity index (χ3n) is 5.87. The van der Waals surface area contributed by atoms with E-state index in [1.54, 1.807) is 7.11 Å². The summed E-state index contributed by atoms with van der Waals surface area (Å²) in [5.74, 6) is 1.14. The molecule has 2 aromatic carbocycles. The van der Waals surface area contributed by atoms with Crippen LogP contribution >= 0.6 is 11.3 Å². The van der Waals surface area contributed by atoms with Gasteiger partial charge in [0.2, 0.25) is 5.91 Å². The molecule has 4 aromatic rings. The van der Waals surface area contributed by atoms with Crippen molar-refractivity contribution in [1.82, 2.24) is 14.9 Å². The van der Waals surface area contributed by atoms with Crippen LogP contribution in [0.2, 0.25) is 0 Å². The number of aromatic nitrogens is 2. The van der Waals surface area contributed by atoms with Crippen LogP contribution in [-0.2, 0) is 11.3 Å². The predicted molar refractivity (Wildman–Crippen MR) is 139 cm³/mol. The van der Waals surface area contributed by atoms with Crippen molar-refractivity contribution in [2.24, 2.45) is 0 Å². The van der Waals surface area contributed by atoms with Crippen LogP contribution in [0.3, 0.4) is 0 Å². The van der Waals surface area contributed by atoms with Gasteiger partial charge in [-0.25, -0.2) is 4.98 Å². The molecule has 0 spiro atoms. The standard InChI is InChI=1S/C27H29N3O4S/c1-5-34-22-11-10-20(14-23(22)33-4)18(3)29-24(31)12-13-30-16-28-26-25(27(30)32)21(15-35-26)19-8-6-17(2)7-9-19/h6-11,14-16,18H,5,12-13H2,1-4H3,(H,29,31). The minimum Gasteiger partial charge on any atom is -0.493 e. The number of amides is 1. The number of thiophene rings is 1. The van der Waals surface area contributed by atoms with Gasteiger partial charge in [-0.3, -0.25) is 14.2 Å². The van der Waals surface area contributed by atoms with Gasteiger partial charge in [0.1, 0.15) is 4.83 Å². The summed E-state index contributed by atoms with van der Waals surface area (Å²) in [7, 11) is 1.59. The molecule has 4 rings (SSSR count). The van der Waals surface area contributed by atoms with Crippen molar-refractivity contribution in [2.75, 3.05) is 13.7 Å². The molecule has 182 valence electrons. The fraction of sp³-hybridized carbons (Fsp3) is 0.296. The number of rotatable bonds is 9. The molecule has 0 saturated heterocycles. The molecule has 0 bridgehead atoms. The van der Waals surface area contributed by atoms with Crippen molar-refractivity contribution in [3.63, 3.8) is 0 Å². The Morgan fingerprint density at radius 3 is 2.66 bits per heavy atom. The first-order chi connectivity index (χ1) is 16.9. The van der Waals surface area contributed by atoms with E-state index in [0.29, 0.717) is 28.3 Å². The minimum atomic E-state index is -0.227. The molecule has 1 unspecified atom stereocenters. The van der Waals surface area contributed by atoms with Crippen LogP contribution < -0.4 is 20.3 Å². The van der Waals surface area contributed by atoms with Crippen molar-refractivity contribution in [1.29, 1.82) is 0 Å². The first-order valence-electron chi connectivity index (χ1n) is 11.5. The van der Waals surface area contributed by atoms with Crippen LogP contribution in [0.1, 0.15) is 37.4 Å². The van der Waals surface area contributed by atoms with E-state index in [2.05, 4.69) is 10.3 Å². The molecule has 0 radical (unpaired) electrons. The van der Waals surface area contributed by atoms with Crippen molar-refractivity contribution in [2.45, 2.75) is 39.8 Å². The molecular formula is C27H29N3O4S. The first-order valence-corrected chi connectivity index (χ1v) is 12.4. The molecule has 0 aliphatic rings. The normalized spacial score (nSPS) is 11.9.